The largest absolute Gasteiger partial charge is 0.466 e. The molecule has 0 fully saturated rings. The van der Waals surface area contributed by atoms with Gasteiger partial charge in [0.15, 0.2) is 0 Å². The Bertz CT molecular complexity index is 561. The fraction of sp³-hybridized carbons (Fsp3) is 0.333. The summed E-state index contributed by atoms with van der Waals surface area (Å²) in [7, 11) is -0.950. The highest BCUT2D eigenvalue weighted by Crippen LogP contribution is 2.19. The second kappa shape index (κ2) is 6.35. The zero-order valence-electron chi connectivity index (χ0n) is 11.6. The van der Waals surface area contributed by atoms with Gasteiger partial charge in [0.2, 0.25) is 0 Å². The minimum Gasteiger partial charge on any atom is -0.466 e. The second-order valence-electron chi connectivity index (χ2n) is 4.95. The Balaban J connectivity index is 1.88. The molecule has 0 bridgehead atoms. The van der Waals surface area contributed by atoms with Crippen molar-refractivity contribution in [1.29, 1.82) is 0 Å². The highest BCUT2D eigenvalue weighted by Gasteiger charge is 2.25. The van der Waals surface area contributed by atoms with Gasteiger partial charge >= 0.3 is 0 Å². The molecule has 0 saturated heterocycles. The quantitative estimate of drug-likeness (QED) is 0.855. The van der Waals surface area contributed by atoms with E-state index in [1.807, 2.05) is 24.3 Å². The first-order chi connectivity index (χ1) is 9.49. The molecule has 5 heteroatoms. The molecular weight excluding hydrogens is 274 g/mol. The van der Waals surface area contributed by atoms with Gasteiger partial charge in [-0.25, -0.2) is 0 Å². The monoisotopic (exact) mass is 293 g/mol. The fourth-order valence-electron chi connectivity index (χ4n) is 1.92. The van der Waals surface area contributed by atoms with Crippen molar-refractivity contribution in [2.24, 2.45) is 0 Å². The zero-order chi connectivity index (χ0) is 14.6. The van der Waals surface area contributed by atoms with Crippen LogP contribution >= 0.6 is 0 Å². The molecule has 0 radical (unpaired) electrons. The lowest BCUT2D eigenvalue weighted by Crippen LogP contribution is -2.34. The Kier molecular flexibility index (Phi) is 4.75. The van der Waals surface area contributed by atoms with Crippen LogP contribution in [0.2, 0.25) is 0 Å². The third-order valence-corrected chi connectivity index (χ3v) is 4.04. The molecule has 0 spiro atoms. The van der Waals surface area contributed by atoms with Crippen molar-refractivity contribution in [3.63, 3.8) is 0 Å². The molecule has 2 aromatic rings. The van der Waals surface area contributed by atoms with Crippen LogP contribution in [0.3, 0.4) is 0 Å². The number of hydrogen-bond donors (Lipinski definition) is 2. The van der Waals surface area contributed by atoms with Crippen molar-refractivity contribution in [2.75, 3.05) is 12.8 Å². The minimum absolute atomic E-state index is 0.391. The van der Waals surface area contributed by atoms with Gasteiger partial charge in [0, 0.05) is 35.0 Å². The summed E-state index contributed by atoms with van der Waals surface area (Å²) in [6.07, 6.45) is 3.21. The number of nitrogens with one attached hydrogen (secondary N) is 1. The van der Waals surface area contributed by atoms with E-state index in [1.54, 1.807) is 31.6 Å². The van der Waals surface area contributed by atoms with Crippen LogP contribution < -0.4 is 5.32 Å². The summed E-state index contributed by atoms with van der Waals surface area (Å²) in [6.45, 7) is 2.73. The van der Waals surface area contributed by atoms with Crippen LogP contribution in [-0.4, -0.2) is 22.1 Å². The third-order valence-electron chi connectivity index (χ3n) is 3.11. The first kappa shape index (κ1) is 15.0. The molecule has 2 atom stereocenters. The highest BCUT2D eigenvalue weighted by atomic mass is 32.2. The van der Waals surface area contributed by atoms with E-state index in [1.165, 1.54) is 0 Å². The number of benzene rings is 1. The highest BCUT2D eigenvalue weighted by molar-refractivity contribution is 7.84. The first-order valence-corrected chi connectivity index (χ1v) is 7.94. The fourth-order valence-corrected chi connectivity index (χ4v) is 2.44. The lowest BCUT2D eigenvalue weighted by Gasteiger charge is -2.21. The van der Waals surface area contributed by atoms with Crippen LogP contribution in [0.1, 0.15) is 18.2 Å². The van der Waals surface area contributed by atoms with Crippen LogP contribution in [-0.2, 0) is 22.9 Å². The molecule has 20 heavy (non-hydrogen) atoms. The molecule has 0 aliphatic carbocycles. The van der Waals surface area contributed by atoms with Gasteiger partial charge in [-0.05, 0) is 36.8 Å². The molecule has 2 rings (SSSR count). The Hall–Kier alpha value is -1.43. The lowest BCUT2D eigenvalue weighted by molar-refractivity contribution is 0.0340. The molecular formula is C15H19NO3S. The summed E-state index contributed by atoms with van der Waals surface area (Å²) < 4.78 is 16.5. The van der Waals surface area contributed by atoms with E-state index in [4.69, 9.17) is 4.42 Å². The van der Waals surface area contributed by atoms with Gasteiger partial charge in [-0.1, -0.05) is 12.1 Å². The number of rotatable bonds is 6. The summed E-state index contributed by atoms with van der Waals surface area (Å²) in [6, 6.07) is 11.1. The van der Waals surface area contributed by atoms with Crippen molar-refractivity contribution >= 4 is 10.8 Å². The van der Waals surface area contributed by atoms with Crippen LogP contribution in [0.4, 0.5) is 0 Å². The molecule has 1 aromatic carbocycles. The summed E-state index contributed by atoms with van der Waals surface area (Å²) in [5.74, 6) is 0.543. The topological polar surface area (TPSA) is 62.5 Å². The SMILES string of the molecule is CS(=O)c1ccc(CNCC(C)(O)c2ccco2)cc1. The molecule has 0 amide bonds. The van der Waals surface area contributed by atoms with Gasteiger partial charge in [0.05, 0.1) is 6.26 Å². The lowest BCUT2D eigenvalue weighted by atomic mass is 10.0. The predicted octanol–water partition coefficient (Wildman–Crippen LogP) is 2.01. The summed E-state index contributed by atoms with van der Waals surface area (Å²) >= 11 is 0. The molecule has 108 valence electrons. The van der Waals surface area contributed by atoms with Gasteiger partial charge in [-0.2, -0.15) is 0 Å². The van der Waals surface area contributed by atoms with Crippen molar-refractivity contribution in [3.05, 3.63) is 54.0 Å². The summed E-state index contributed by atoms with van der Waals surface area (Å²) in [4.78, 5) is 0.816. The normalized spacial score (nSPS) is 15.8. The van der Waals surface area contributed by atoms with Gasteiger partial charge < -0.3 is 14.8 Å². The molecule has 1 heterocycles. The molecule has 2 N–H and O–H groups in total. The number of aliphatic hydroxyl groups is 1. The van der Waals surface area contributed by atoms with E-state index >= 15 is 0 Å². The average Bonchev–Trinajstić information content (AvgIpc) is 2.94. The maximum atomic E-state index is 11.3. The van der Waals surface area contributed by atoms with Gasteiger partial charge in [-0.15, -0.1) is 0 Å². The van der Waals surface area contributed by atoms with E-state index in [0.717, 1.165) is 10.5 Å². The van der Waals surface area contributed by atoms with Crippen LogP contribution in [0.25, 0.3) is 0 Å². The van der Waals surface area contributed by atoms with Crippen molar-refractivity contribution in [2.45, 2.75) is 24.0 Å². The Morgan fingerprint density at radius 1 is 1.30 bits per heavy atom. The maximum Gasteiger partial charge on any atom is 0.136 e. The smallest absolute Gasteiger partial charge is 0.136 e. The Labute approximate surface area is 121 Å². The summed E-state index contributed by atoms with van der Waals surface area (Å²) in [5.41, 5.74) is 0.0448. The number of hydrogen-bond acceptors (Lipinski definition) is 4. The zero-order valence-corrected chi connectivity index (χ0v) is 12.4. The van der Waals surface area contributed by atoms with Crippen LogP contribution in [0, 0.1) is 0 Å². The first-order valence-electron chi connectivity index (χ1n) is 6.38. The van der Waals surface area contributed by atoms with Gasteiger partial charge in [-0.3, -0.25) is 4.21 Å². The minimum atomic E-state index is -1.03. The Morgan fingerprint density at radius 2 is 2.00 bits per heavy atom. The molecule has 0 saturated carbocycles. The van der Waals surface area contributed by atoms with Crippen molar-refractivity contribution in [1.82, 2.24) is 5.32 Å². The van der Waals surface area contributed by atoms with Crippen molar-refractivity contribution < 1.29 is 13.7 Å². The molecule has 0 aliphatic rings. The average molecular weight is 293 g/mol. The van der Waals surface area contributed by atoms with Crippen LogP contribution in [0.5, 0.6) is 0 Å². The van der Waals surface area contributed by atoms with Gasteiger partial charge in [0.25, 0.3) is 0 Å². The Morgan fingerprint density at radius 3 is 2.55 bits per heavy atom. The third kappa shape index (κ3) is 3.79. The standard InChI is InChI=1S/C15H19NO3S/c1-15(17,14-4-3-9-19-14)11-16-10-12-5-7-13(8-6-12)20(2)18/h3-9,16-17H,10-11H2,1-2H3. The molecule has 2 unspecified atom stereocenters. The van der Waals surface area contributed by atoms with Crippen LogP contribution in [0.15, 0.2) is 52.0 Å². The van der Waals surface area contributed by atoms with E-state index in [9.17, 15) is 9.32 Å². The molecule has 4 nitrogen and oxygen atoms in total. The summed E-state index contributed by atoms with van der Waals surface area (Å²) in [5, 5.41) is 13.5. The molecule has 1 aromatic heterocycles. The second-order valence-corrected chi connectivity index (χ2v) is 6.33. The predicted molar refractivity (Wildman–Crippen MR) is 78.8 cm³/mol. The van der Waals surface area contributed by atoms with E-state index < -0.39 is 16.4 Å². The molecule has 0 aliphatic heterocycles. The van der Waals surface area contributed by atoms with E-state index in [-0.39, 0.29) is 0 Å². The van der Waals surface area contributed by atoms with E-state index in [0.29, 0.717) is 18.8 Å². The van der Waals surface area contributed by atoms with Crippen molar-refractivity contribution in [3.8, 4) is 0 Å². The number of furan rings is 1. The van der Waals surface area contributed by atoms with Gasteiger partial charge in [0.1, 0.15) is 11.4 Å². The maximum absolute atomic E-state index is 11.3. The van der Waals surface area contributed by atoms with E-state index in [2.05, 4.69) is 5.32 Å².